The third kappa shape index (κ3) is 14.1. The molecule has 0 atom stereocenters. The zero-order valence-electron chi connectivity index (χ0n) is 24.1. The van der Waals surface area contributed by atoms with Gasteiger partial charge in [-0.1, -0.05) is 72.8 Å². The second kappa shape index (κ2) is 15.0. The van der Waals surface area contributed by atoms with Gasteiger partial charge in [0.2, 0.25) is 0 Å². The van der Waals surface area contributed by atoms with Gasteiger partial charge in [0, 0.05) is 16.6 Å². The fourth-order valence-electron chi connectivity index (χ4n) is 3.89. The molecule has 3 aromatic carbocycles. The summed E-state index contributed by atoms with van der Waals surface area (Å²) in [5.41, 5.74) is 24.7. The van der Waals surface area contributed by atoms with Gasteiger partial charge in [0.1, 0.15) is 0 Å². The van der Waals surface area contributed by atoms with Crippen molar-refractivity contribution in [2.75, 3.05) is 0 Å². The van der Waals surface area contributed by atoms with Crippen LogP contribution in [0.2, 0.25) is 0 Å². The predicted octanol–water partition coefficient (Wildman–Crippen LogP) is 4.51. The molecule has 0 radical (unpaired) electrons. The molecule has 37 heavy (non-hydrogen) atoms. The summed E-state index contributed by atoms with van der Waals surface area (Å²) >= 11 is 0. The Morgan fingerprint density at radius 2 is 0.622 bits per heavy atom. The highest BCUT2D eigenvalue weighted by molar-refractivity contribution is 6.30. The standard InChI is InChI=1S/3C10H15N.BH3O3/c3*1-8-6-4-5-7-9(8)10(2,3)11;2-1(3)4/h3*4-7H,11H2,1-3H3;2-4H. The lowest BCUT2D eigenvalue weighted by Crippen LogP contribution is -2.29. The number of rotatable bonds is 3. The summed E-state index contributed by atoms with van der Waals surface area (Å²) in [7, 11) is -2.17. The highest BCUT2D eigenvalue weighted by Crippen LogP contribution is 2.21. The Hall–Kier alpha value is -2.52. The van der Waals surface area contributed by atoms with E-state index in [2.05, 4.69) is 57.2 Å². The molecule has 3 aromatic rings. The number of nitrogens with two attached hydrogens (primary N) is 3. The van der Waals surface area contributed by atoms with Gasteiger partial charge < -0.3 is 32.3 Å². The molecule has 0 heterocycles. The minimum Gasteiger partial charge on any atom is -0.402 e. The Labute approximate surface area is 224 Å². The van der Waals surface area contributed by atoms with Crippen molar-refractivity contribution >= 4 is 7.32 Å². The van der Waals surface area contributed by atoms with Gasteiger partial charge in [-0.05, 0) is 95.7 Å². The Balaban J connectivity index is 0.000000490. The van der Waals surface area contributed by atoms with Crippen LogP contribution in [0.15, 0.2) is 72.8 Å². The topological polar surface area (TPSA) is 139 Å². The second-order valence-corrected chi connectivity index (χ2v) is 11.0. The normalized spacial score (nSPS) is 11.1. The van der Waals surface area contributed by atoms with Gasteiger partial charge in [0.05, 0.1) is 0 Å². The van der Waals surface area contributed by atoms with Crippen LogP contribution in [0, 0.1) is 20.8 Å². The van der Waals surface area contributed by atoms with Gasteiger partial charge in [0.25, 0.3) is 0 Å². The summed E-state index contributed by atoms with van der Waals surface area (Å²) in [6.07, 6.45) is 0. The highest BCUT2D eigenvalue weighted by atomic mass is 16.5. The van der Waals surface area contributed by atoms with Crippen LogP contribution in [-0.4, -0.2) is 22.4 Å². The van der Waals surface area contributed by atoms with Gasteiger partial charge in [-0.3, -0.25) is 0 Å². The second-order valence-electron chi connectivity index (χ2n) is 11.0. The van der Waals surface area contributed by atoms with E-state index in [4.69, 9.17) is 32.3 Å². The quantitative estimate of drug-likeness (QED) is 0.287. The molecule has 0 unspecified atom stereocenters. The van der Waals surface area contributed by atoms with Crippen molar-refractivity contribution in [1.82, 2.24) is 0 Å². The molecule has 0 aliphatic rings. The molecule has 0 spiro atoms. The summed E-state index contributed by atoms with van der Waals surface area (Å²) in [6, 6.07) is 24.7. The lowest BCUT2D eigenvalue weighted by molar-refractivity contribution is 0.278. The first-order valence-corrected chi connectivity index (χ1v) is 12.4. The van der Waals surface area contributed by atoms with Gasteiger partial charge in [0.15, 0.2) is 0 Å². The van der Waals surface area contributed by atoms with Crippen LogP contribution in [0.4, 0.5) is 0 Å². The average Bonchev–Trinajstić information content (AvgIpc) is 2.73. The first-order valence-electron chi connectivity index (χ1n) is 12.4. The SMILES string of the molecule is Cc1ccccc1C(C)(C)N.Cc1ccccc1C(C)(C)N.Cc1ccccc1C(C)(C)N.OB(O)O. The molecule has 0 saturated heterocycles. The summed E-state index contributed by atoms with van der Waals surface area (Å²) in [5, 5.41) is 21.5. The van der Waals surface area contributed by atoms with Gasteiger partial charge in [-0.2, -0.15) is 0 Å². The molecule has 0 saturated carbocycles. The molecule has 0 fully saturated rings. The zero-order valence-corrected chi connectivity index (χ0v) is 24.1. The molecule has 3 rings (SSSR count). The molecular formula is C30H48BN3O3. The van der Waals surface area contributed by atoms with Gasteiger partial charge in [-0.25, -0.2) is 0 Å². The molecule has 0 aromatic heterocycles. The summed E-state index contributed by atoms with van der Waals surface area (Å²) in [6.45, 7) is 18.4. The number of hydrogen-bond donors (Lipinski definition) is 6. The van der Waals surface area contributed by atoms with E-state index >= 15 is 0 Å². The molecule has 0 aliphatic heterocycles. The Bertz CT molecular complexity index is 932. The van der Waals surface area contributed by atoms with E-state index in [1.165, 1.54) is 33.4 Å². The van der Waals surface area contributed by atoms with E-state index < -0.39 is 7.32 Å². The van der Waals surface area contributed by atoms with Gasteiger partial charge in [-0.15, -0.1) is 0 Å². The van der Waals surface area contributed by atoms with E-state index in [0.29, 0.717) is 0 Å². The fourth-order valence-corrected chi connectivity index (χ4v) is 3.89. The van der Waals surface area contributed by atoms with E-state index in [0.717, 1.165) is 0 Å². The van der Waals surface area contributed by atoms with Crippen molar-refractivity contribution in [3.63, 3.8) is 0 Å². The lowest BCUT2D eigenvalue weighted by Gasteiger charge is -2.21. The number of benzene rings is 3. The monoisotopic (exact) mass is 509 g/mol. The smallest absolute Gasteiger partial charge is 0.402 e. The molecule has 0 aliphatic carbocycles. The maximum absolute atomic E-state index is 7.17. The fraction of sp³-hybridized carbons (Fsp3) is 0.400. The molecule has 0 amide bonds. The maximum Gasteiger partial charge on any atom is 0.631 e. The van der Waals surface area contributed by atoms with Crippen LogP contribution < -0.4 is 17.2 Å². The van der Waals surface area contributed by atoms with E-state index in [9.17, 15) is 0 Å². The maximum atomic E-state index is 7.17. The summed E-state index contributed by atoms with van der Waals surface area (Å²) in [4.78, 5) is 0. The average molecular weight is 510 g/mol. The summed E-state index contributed by atoms with van der Waals surface area (Å²) < 4.78 is 0. The summed E-state index contributed by atoms with van der Waals surface area (Å²) in [5.74, 6) is 0. The Morgan fingerprint density at radius 1 is 0.459 bits per heavy atom. The molecule has 7 heteroatoms. The van der Waals surface area contributed by atoms with Crippen molar-refractivity contribution in [3.8, 4) is 0 Å². The predicted molar refractivity (Wildman–Crippen MR) is 158 cm³/mol. The van der Waals surface area contributed by atoms with Crippen LogP contribution in [0.1, 0.15) is 74.9 Å². The zero-order chi connectivity index (χ0) is 29.0. The van der Waals surface area contributed by atoms with Gasteiger partial charge >= 0.3 is 7.32 Å². The number of hydrogen-bond acceptors (Lipinski definition) is 6. The highest BCUT2D eigenvalue weighted by Gasteiger charge is 2.16. The minimum absolute atomic E-state index is 0.217. The van der Waals surface area contributed by atoms with Crippen molar-refractivity contribution < 1.29 is 15.1 Å². The largest absolute Gasteiger partial charge is 0.631 e. The van der Waals surface area contributed by atoms with Crippen molar-refractivity contribution in [1.29, 1.82) is 0 Å². The molecule has 204 valence electrons. The third-order valence-electron chi connectivity index (χ3n) is 5.52. The van der Waals surface area contributed by atoms with Crippen LogP contribution in [0.3, 0.4) is 0 Å². The first-order chi connectivity index (χ1) is 16.8. The minimum atomic E-state index is -2.17. The molecule has 6 nitrogen and oxygen atoms in total. The third-order valence-corrected chi connectivity index (χ3v) is 5.52. The van der Waals surface area contributed by atoms with Crippen LogP contribution in [0.5, 0.6) is 0 Å². The Morgan fingerprint density at radius 3 is 0.730 bits per heavy atom. The first kappa shape index (κ1) is 34.5. The van der Waals surface area contributed by atoms with Crippen LogP contribution >= 0.6 is 0 Å². The van der Waals surface area contributed by atoms with E-state index in [-0.39, 0.29) is 16.6 Å². The van der Waals surface area contributed by atoms with Crippen molar-refractivity contribution in [3.05, 3.63) is 106 Å². The van der Waals surface area contributed by atoms with Crippen LogP contribution in [-0.2, 0) is 16.6 Å². The van der Waals surface area contributed by atoms with Crippen molar-refractivity contribution in [2.24, 2.45) is 17.2 Å². The lowest BCUT2D eigenvalue weighted by atomic mass is 9.92. The number of aryl methyl sites for hydroxylation is 3. The van der Waals surface area contributed by atoms with Crippen LogP contribution in [0.25, 0.3) is 0 Å². The van der Waals surface area contributed by atoms with E-state index in [1.807, 2.05) is 77.9 Å². The molecular weight excluding hydrogens is 461 g/mol. The molecule has 0 bridgehead atoms. The van der Waals surface area contributed by atoms with E-state index in [1.54, 1.807) is 0 Å². The Kier molecular flexibility index (Phi) is 14.0. The molecule has 9 N–H and O–H groups in total. The van der Waals surface area contributed by atoms with Crippen molar-refractivity contribution in [2.45, 2.75) is 78.9 Å².